The summed E-state index contributed by atoms with van der Waals surface area (Å²) in [4.78, 5) is 11.9. The summed E-state index contributed by atoms with van der Waals surface area (Å²) in [5.41, 5.74) is 1.56. The second-order valence-corrected chi connectivity index (χ2v) is 6.27. The second kappa shape index (κ2) is 5.16. The molecule has 0 aliphatic heterocycles. The lowest BCUT2D eigenvalue weighted by molar-refractivity contribution is 0.0851. The second-order valence-electron chi connectivity index (χ2n) is 6.27. The molecule has 3 bridgehead atoms. The van der Waals surface area contributed by atoms with Crippen molar-refractivity contribution in [1.29, 1.82) is 0 Å². The molecule has 4 nitrogen and oxygen atoms in total. The molecule has 0 aromatic rings. The Morgan fingerprint density at radius 3 is 3.21 bits per heavy atom. The van der Waals surface area contributed by atoms with Crippen LogP contribution in [0.3, 0.4) is 0 Å². The standard InChI is InChI=1S/C15H23NO3/c1-18-5-6-19-14(17)16-15-8-11-3-2-4-12(9-15)13(7-11)10-15/h4,11,13H,2-3,5-10H2,1H3,(H,16,17). The van der Waals surface area contributed by atoms with Crippen LogP contribution in [-0.4, -0.2) is 32.0 Å². The molecule has 3 atom stereocenters. The molecule has 2 saturated carbocycles. The third kappa shape index (κ3) is 2.64. The Bertz CT molecular complexity index is 393. The van der Waals surface area contributed by atoms with Crippen LogP contribution in [0.15, 0.2) is 11.6 Å². The highest BCUT2D eigenvalue weighted by Crippen LogP contribution is 2.53. The van der Waals surface area contributed by atoms with Crippen LogP contribution in [0.25, 0.3) is 0 Å². The number of fused-ring (bicyclic) bond motifs is 2. The van der Waals surface area contributed by atoms with E-state index in [0.717, 1.165) is 25.2 Å². The predicted octanol–water partition coefficient (Wildman–Crippen LogP) is 2.64. The first-order valence-electron chi connectivity index (χ1n) is 7.33. The molecule has 0 radical (unpaired) electrons. The number of alkyl carbamates (subject to hydrolysis) is 1. The van der Waals surface area contributed by atoms with Crippen molar-refractivity contribution in [2.24, 2.45) is 11.8 Å². The molecule has 1 N–H and O–H groups in total. The van der Waals surface area contributed by atoms with E-state index in [1.54, 1.807) is 12.7 Å². The van der Waals surface area contributed by atoms with Crippen molar-refractivity contribution >= 4 is 6.09 Å². The lowest BCUT2D eigenvalue weighted by Gasteiger charge is -2.37. The monoisotopic (exact) mass is 265 g/mol. The molecule has 0 heterocycles. The van der Waals surface area contributed by atoms with Gasteiger partial charge >= 0.3 is 6.09 Å². The third-order valence-electron chi connectivity index (χ3n) is 4.87. The number of nitrogens with one attached hydrogen (secondary N) is 1. The van der Waals surface area contributed by atoms with Gasteiger partial charge in [-0.2, -0.15) is 0 Å². The zero-order valence-corrected chi connectivity index (χ0v) is 11.6. The Labute approximate surface area is 114 Å². The Morgan fingerprint density at radius 1 is 1.47 bits per heavy atom. The lowest BCUT2D eigenvalue weighted by atomic mass is 9.75. The Kier molecular flexibility index (Phi) is 3.52. The van der Waals surface area contributed by atoms with Crippen LogP contribution in [0.1, 0.15) is 38.5 Å². The molecule has 3 unspecified atom stereocenters. The van der Waals surface area contributed by atoms with E-state index in [0.29, 0.717) is 19.1 Å². The quantitative estimate of drug-likeness (QED) is 0.628. The molecular formula is C15H23NO3. The van der Waals surface area contributed by atoms with E-state index in [9.17, 15) is 4.79 Å². The highest BCUT2D eigenvalue weighted by Gasteiger charge is 2.49. The van der Waals surface area contributed by atoms with Crippen LogP contribution in [0.2, 0.25) is 0 Å². The van der Waals surface area contributed by atoms with Gasteiger partial charge in [-0.05, 0) is 50.4 Å². The van der Waals surface area contributed by atoms with Gasteiger partial charge in [0.1, 0.15) is 6.61 Å². The number of rotatable bonds is 4. The Morgan fingerprint density at radius 2 is 2.37 bits per heavy atom. The maximum atomic E-state index is 11.9. The summed E-state index contributed by atoms with van der Waals surface area (Å²) in [6, 6.07) is 0. The van der Waals surface area contributed by atoms with E-state index in [1.165, 1.54) is 19.3 Å². The molecule has 0 saturated heterocycles. The van der Waals surface area contributed by atoms with Crippen molar-refractivity contribution in [3.8, 4) is 0 Å². The Hall–Kier alpha value is -1.03. The largest absolute Gasteiger partial charge is 0.447 e. The van der Waals surface area contributed by atoms with Crippen molar-refractivity contribution in [2.45, 2.75) is 44.1 Å². The predicted molar refractivity (Wildman–Crippen MR) is 71.9 cm³/mol. The molecule has 3 rings (SSSR count). The minimum atomic E-state index is -0.279. The summed E-state index contributed by atoms with van der Waals surface area (Å²) in [6.45, 7) is 0.783. The van der Waals surface area contributed by atoms with Crippen molar-refractivity contribution in [2.75, 3.05) is 20.3 Å². The first kappa shape index (κ1) is 13.0. The SMILES string of the molecule is COCCOC(=O)NC12CC3=CCCC(CC3C1)C2. The van der Waals surface area contributed by atoms with Crippen LogP contribution in [-0.2, 0) is 9.47 Å². The number of carbonyl (C=O) groups is 1. The number of methoxy groups -OCH3 is 1. The van der Waals surface area contributed by atoms with E-state index < -0.39 is 0 Å². The summed E-state index contributed by atoms with van der Waals surface area (Å²) >= 11 is 0. The molecule has 19 heavy (non-hydrogen) atoms. The van der Waals surface area contributed by atoms with Crippen LogP contribution in [0.5, 0.6) is 0 Å². The van der Waals surface area contributed by atoms with Gasteiger partial charge in [-0.25, -0.2) is 4.79 Å². The van der Waals surface area contributed by atoms with E-state index in [1.807, 2.05) is 0 Å². The van der Waals surface area contributed by atoms with Gasteiger partial charge in [-0.1, -0.05) is 11.6 Å². The number of hydrogen-bond donors (Lipinski definition) is 1. The number of carbonyl (C=O) groups excluding carboxylic acids is 1. The molecule has 2 fully saturated rings. The molecule has 4 heteroatoms. The molecule has 3 aliphatic carbocycles. The van der Waals surface area contributed by atoms with Crippen LogP contribution in [0, 0.1) is 11.8 Å². The summed E-state index contributed by atoms with van der Waals surface area (Å²) in [5, 5.41) is 3.15. The number of ether oxygens (including phenoxy) is 2. The highest BCUT2D eigenvalue weighted by atomic mass is 16.6. The molecule has 0 aromatic heterocycles. The van der Waals surface area contributed by atoms with Gasteiger partial charge in [0.2, 0.25) is 0 Å². The molecule has 0 aromatic carbocycles. The minimum absolute atomic E-state index is 0.0238. The lowest BCUT2D eigenvalue weighted by Crippen LogP contribution is -2.49. The van der Waals surface area contributed by atoms with E-state index >= 15 is 0 Å². The molecule has 1 amide bonds. The summed E-state index contributed by atoms with van der Waals surface area (Å²) < 4.78 is 10.0. The van der Waals surface area contributed by atoms with Gasteiger partial charge in [0.25, 0.3) is 0 Å². The zero-order valence-electron chi connectivity index (χ0n) is 11.6. The maximum absolute atomic E-state index is 11.9. The average Bonchev–Trinajstić information content (AvgIpc) is 2.50. The fraction of sp³-hybridized carbons (Fsp3) is 0.800. The maximum Gasteiger partial charge on any atom is 0.407 e. The normalized spacial score (nSPS) is 35.7. The van der Waals surface area contributed by atoms with Crippen LogP contribution >= 0.6 is 0 Å². The fourth-order valence-electron chi connectivity index (χ4n) is 4.22. The van der Waals surface area contributed by atoms with E-state index in [2.05, 4.69) is 11.4 Å². The first-order valence-corrected chi connectivity index (χ1v) is 7.33. The smallest absolute Gasteiger partial charge is 0.407 e. The van der Waals surface area contributed by atoms with Crippen molar-refractivity contribution < 1.29 is 14.3 Å². The fourth-order valence-corrected chi connectivity index (χ4v) is 4.22. The van der Waals surface area contributed by atoms with Gasteiger partial charge in [0, 0.05) is 12.6 Å². The topological polar surface area (TPSA) is 47.6 Å². The first-order chi connectivity index (χ1) is 9.21. The number of hydrogen-bond acceptors (Lipinski definition) is 3. The van der Waals surface area contributed by atoms with Gasteiger partial charge in [-0.3, -0.25) is 0 Å². The van der Waals surface area contributed by atoms with Gasteiger partial charge in [0.15, 0.2) is 0 Å². The summed E-state index contributed by atoms with van der Waals surface area (Å²) in [6.07, 6.45) is 9.24. The molecular weight excluding hydrogens is 242 g/mol. The third-order valence-corrected chi connectivity index (χ3v) is 4.87. The van der Waals surface area contributed by atoms with Crippen molar-refractivity contribution in [3.05, 3.63) is 11.6 Å². The average molecular weight is 265 g/mol. The number of amides is 1. The summed E-state index contributed by atoms with van der Waals surface area (Å²) in [7, 11) is 1.61. The van der Waals surface area contributed by atoms with Gasteiger partial charge in [-0.15, -0.1) is 0 Å². The summed E-state index contributed by atoms with van der Waals surface area (Å²) in [5.74, 6) is 1.48. The minimum Gasteiger partial charge on any atom is -0.447 e. The zero-order chi connectivity index (χ0) is 13.3. The van der Waals surface area contributed by atoms with Crippen molar-refractivity contribution in [3.63, 3.8) is 0 Å². The van der Waals surface area contributed by atoms with Crippen LogP contribution < -0.4 is 5.32 Å². The van der Waals surface area contributed by atoms with Crippen molar-refractivity contribution in [1.82, 2.24) is 5.32 Å². The Balaban J connectivity index is 1.63. The molecule has 0 spiro atoms. The van der Waals surface area contributed by atoms with Crippen LogP contribution in [0.4, 0.5) is 4.79 Å². The van der Waals surface area contributed by atoms with E-state index in [-0.39, 0.29) is 11.6 Å². The van der Waals surface area contributed by atoms with Gasteiger partial charge in [0.05, 0.1) is 6.61 Å². The van der Waals surface area contributed by atoms with Gasteiger partial charge < -0.3 is 14.8 Å². The van der Waals surface area contributed by atoms with E-state index in [4.69, 9.17) is 9.47 Å². The molecule has 106 valence electrons. The number of allylic oxidation sites excluding steroid dienone is 1. The highest BCUT2D eigenvalue weighted by molar-refractivity contribution is 5.68. The molecule has 3 aliphatic rings.